The van der Waals surface area contributed by atoms with E-state index in [1.165, 1.54) is 28.4 Å². The van der Waals surface area contributed by atoms with Gasteiger partial charge in [-0.15, -0.1) is 34.9 Å². The number of anilines is 1. The molecular weight excluding hydrogens is 500 g/mol. The zero-order valence-electron chi connectivity index (χ0n) is 17.9. The fourth-order valence-electron chi connectivity index (χ4n) is 3.52. The highest BCUT2D eigenvalue weighted by Crippen LogP contribution is 2.40. The third kappa shape index (κ3) is 4.88. The Morgan fingerprint density at radius 2 is 2.18 bits per heavy atom. The Hall–Kier alpha value is -3.10. The van der Waals surface area contributed by atoms with Crippen molar-refractivity contribution in [3.63, 3.8) is 0 Å². The maximum atomic E-state index is 13.0. The number of nitrogen functional groups attached to an aromatic ring is 1. The van der Waals surface area contributed by atoms with Crippen LogP contribution in [0.2, 0.25) is 0 Å². The molecule has 4 N–H and O–H groups in total. The summed E-state index contributed by atoms with van der Waals surface area (Å²) in [6, 6.07) is 4.65. The predicted octanol–water partition coefficient (Wildman–Crippen LogP) is 0.493. The van der Waals surface area contributed by atoms with Gasteiger partial charge in [-0.1, -0.05) is 11.2 Å². The number of thioether (sulfide) groups is 2. The van der Waals surface area contributed by atoms with Crippen LogP contribution in [0, 0.1) is 0 Å². The Morgan fingerprint density at radius 3 is 2.82 bits per heavy atom. The van der Waals surface area contributed by atoms with E-state index in [9.17, 15) is 19.5 Å². The van der Waals surface area contributed by atoms with Crippen molar-refractivity contribution in [1.82, 2.24) is 15.2 Å². The summed E-state index contributed by atoms with van der Waals surface area (Å²) in [7, 11) is 0. The van der Waals surface area contributed by atoms with Crippen molar-refractivity contribution in [3.8, 4) is 0 Å². The zero-order valence-corrected chi connectivity index (χ0v) is 20.4. The van der Waals surface area contributed by atoms with Gasteiger partial charge in [0.05, 0.1) is 0 Å². The number of hydrogen-bond donors (Lipinski definition) is 3. The van der Waals surface area contributed by atoms with Crippen LogP contribution in [0.1, 0.15) is 5.69 Å². The highest BCUT2D eigenvalue weighted by Gasteiger charge is 2.54. The van der Waals surface area contributed by atoms with Gasteiger partial charge in [-0.25, -0.2) is 14.3 Å². The summed E-state index contributed by atoms with van der Waals surface area (Å²) >= 11 is 3.91. The number of pyridine rings is 1. The molecule has 0 aliphatic carbocycles. The van der Waals surface area contributed by atoms with Gasteiger partial charge in [0.2, 0.25) is 0 Å². The average molecular weight is 522 g/mol. The second kappa shape index (κ2) is 10.4. The standard InChI is InChI=1S/C20H20N6O5S3/c1-32-10-31-24-13(12-9-34-20(21)22-12)16(27)23-14-17(28)26-15(19(29)30)11(8-33-18(14)26)7-25-5-3-2-4-6-25/h2-6,9,14,18H,7-8,10H2,1H3,(H3-,21,22,23,27,29,30)/p+1/b24-13-/t14?,18-/m1/s1. The Kier molecular flexibility index (Phi) is 7.38. The number of carboxylic acid groups (broad SMARTS) is 1. The molecule has 0 bridgehead atoms. The van der Waals surface area contributed by atoms with Gasteiger partial charge in [-0.05, 0) is 6.26 Å². The Morgan fingerprint density at radius 1 is 1.41 bits per heavy atom. The monoisotopic (exact) mass is 521 g/mol. The molecule has 2 aliphatic heterocycles. The molecule has 0 saturated carbocycles. The number of hydrogen-bond acceptors (Lipinski definition) is 10. The van der Waals surface area contributed by atoms with Gasteiger partial charge < -0.3 is 21.0 Å². The minimum atomic E-state index is -1.18. The van der Waals surface area contributed by atoms with E-state index in [1.807, 2.05) is 41.4 Å². The molecule has 1 fully saturated rings. The normalized spacial score (nSPS) is 20.0. The van der Waals surface area contributed by atoms with Gasteiger partial charge in [0.15, 0.2) is 35.7 Å². The summed E-state index contributed by atoms with van der Waals surface area (Å²) in [4.78, 5) is 48.4. The van der Waals surface area contributed by atoms with Crippen molar-refractivity contribution >= 4 is 63.5 Å². The molecule has 4 heterocycles. The number of aliphatic carboxylic acids is 1. The molecule has 2 aromatic heterocycles. The Bertz CT molecular complexity index is 1170. The maximum absolute atomic E-state index is 13.0. The van der Waals surface area contributed by atoms with E-state index in [0.29, 0.717) is 17.9 Å². The first-order valence-corrected chi connectivity index (χ1v) is 13.3. The highest BCUT2D eigenvalue weighted by molar-refractivity contribution is 8.00. The lowest BCUT2D eigenvalue weighted by molar-refractivity contribution is -0.689. The predicted molar refractivity (Wildman–Crippen MR) is 129 cm³/mol. The molecule has 2 atom stereocenters. The lowest BCUT2D eigenvalue weighted by Crippen LogP contribution is -2.71. The molecule has 1 saturated heterocycles. The molecule has 0 aromatic carbocycles. The molecule has 2 amide bonds. The largest absolute Gasteiger partial charge is 0.477 e. The van der Waals surface area contributed by atoms with Crippen molar-refractivity contribution < 1.29 is 28.9 Å². The van der Waals surface area contributed by atoms with Gasteiger partial charge in [0.25, 0.3) is 11.8 Å². The molecule has 14 heteroatoms. The quantitative estimate of drug-likeness (QED) is 0.107. The molecule has 2 aromatic rings. The molecule has 11 nitrogen and oxygen atoms in total. The second-order valence-corrected chi connectivity index (χ2v) is 10.0. The second-order valence-electron chi connectivity index (χ2n) is 7.21. The van der Waals surface area contributed by atoms with Gasteiger partial charge in [0, 0.05) is 28.8 Å². The summed E-state index contributed by atoms with van der Waals surface area (Å²) < 4.78 is 1.85. The molecule has 34 heavy (non-hydrogen) atoms. The van der Waals surface area contributed by atoms with E-state index in [0.717, 1.165) is 11.3 Å². The first-order chi connectivity index (χ1) is 16.4. The topological polar surface area (TPSA) is 151 Å². The van der Waals surface area contributed by atoms with Crippen LogP contribution >= 0.6 is 34.9 Å². The van der Waals surface area contributed by atoms with E-state index < -0.39 is 29.2 Å². The highest BCUT2D eigenvalue weighted by atomic mass is 32.2. The van der Waals surface area contributed by atoms with Gasteiger partial charge >= 0.3 is 5.97 Å². The van der Waals surface area contributed by atoms with Crippen LogP contribution in [0.4, 0.5) is 5.13 Å². The van der Waals surface area contributed by atoms with Crippen LogP contribution in [0.5, 0.6) is 0 Å². The van der Waals surface area contributed by atoms with E-state index in [4.69, 9.17) is 10.6 Å². The van der Waals surface area contributed by atoms with Crippen LogP contribution in [0.25, 0.3) is 0 Å². The minimum absolute atomic E-state index is 0.0416. The van der Waals surface area contributed by atoms with Crippen LogP contribution in [0.15, 0.2) is 52.4 Å². The number of carbonyl (C=O) groups is 3. The summed E-state index contributed by atoms with van der Waals surface area (Å²) in [6.45, 7) is 0.345. The first-order valence-electron chi connectivity index (χ1n) is 9.96. The summed E-state index contributed by atoms with van der Waals surface area (Å²) in [5.74, 6) is -1.71. The van der Waals surface area contributed by atoms with Gasteiger partial charge in [-0.3, -0.25) is 14.5 Å². The van der Waals surface area contributed by atoms with Crippen molar-refractivity contribution in [2.45, 2.75) is 18.0 Å². The van der Waals surface area contributed by atoms with Gasteiger partial charge in [0.1, 0.15) is 22.8 Å². The number of nitrogens with one attached hydrogen (secondary N) is 1. The summed E-state index contributed by atoms with van der Waals surface area (Å²) in [6.07, 6.45) is 5.47. The lowest BCUT2D eigenvalue weighted by Gasteiger charge is -2.49. The van der Waals surface area contributed by atoms with Crippen LogP contribution in [-0.2, 0) is 25.8 Å². The smallest absolute Gasteiger partial charge is 0.352 e. The van der Waals surface area contributed by atoms with Crippen molar-refractivity contribution in [3.05, 3.63) is 52.9 Å². The van der Waals surface area contributed by atoms with E-state index in [-0.39, 0.29) is 28.2 Å². The molecular formula is C20H21N6O5S3+. The summed E-state index contributed by atoms with van der Waals surface area (Å²) in [5.41, 5.74) is 6.38. The zero-order chi connectivity index (χ0) is 24.2. The number of carbonyl (C=O) groups excluding carboxylic acids is 2. The molecule has 1 unspecified atom stereocenters. The van der Waals surface area contributed by atoms with E-state index in [2.05, 4.69) is 15.5 Å². The number of β-lactam (4-membered cyclic amide) rings is 1. The number of fused-ring (bicyclic) bond motifs is 1. The molecule has 4 rings (SSSR count). The number of amides is 2. The minimum Gasteiger partial charge on any atom is -0.477 e. The first kappa shape index (κ1) is 24.0. The van der Waals surface area contributed by atoms with Crippen LogP contribution in [-0.4, -0.2) is 67.8 Å². The number of aromatic nitrogens is 2. The van der Waals surface area contributed by atoms with Crippen molar-refractivity contribution in [2.24, 2.45) is 5.16 Å². The Balaban J connectivity index is 1.52. The number of carboxylic acids is 1. The number of nitrogens with zero attached hydrogens (tertiary/aromatic N) is 4. The molecule has 178 valence electrons. The SMILES string of the molecule is CSCO/N=C(\C(=O)NC1C(=O)N2C(C(=O)O)=C(C[n+]3ccccc3)CS[C@H]12)c1csc(N)n1. The number of rotatable bonds is 9. The van der Waals surface area contributed by atoms with Crippen LogP contribution < -0.4 is 15.6 Å². The number of thiazole rings is 1. The van der Waals surface area contributed by atoms with Crippen molar-refractivity contribution in [1.29, 1.82) is 0 Å². The van der Waals surface area contributed by atoms with Gasteiger partial charge in [-0.2, -0.15) is 0 Å². The molecule has 0 spiro atoms. The van der Waals surface area contributed by atoms with Crippen LogP contribution in [0.3, 0.4) is 0 Å². The number of oxime groups is 1. The average Bonchev–Trinajstić information content (AvgIpc) is 3.26. The lowest BCUT2D eigenvalue weighted by atomic mass is 10.0. The third-order valence-electron chi connectivity index (χ3n) is 4.99. The summed E-state index contributed by atoms with van der Waals surface area (Å²) in [5, 5.41) is 17.7. The fraction of sp³-hybridized carbons (Fsp3) is 0.300. The van der Waals surface area contributed by atoms with E-state index in [1.54, 1.807) is 5.38 Å². The Labute approximate surface area is 207 Å². The molecule has 0 radical (unpaired) electrons. The molecule has 2 aliphatic rings. The maximum Gasteiger partial charge on any atom is 0.352 e. The van der Waals surface area contributed by atoms with E-state index >= 15 is 0 Å². The fourth-order valence-corrected chi connectivity index (χ4v) is 5.56. The van der Waals surface area contributed by atoms with Crippen molar-refractivity contribution in [2.75, 3.05) is 23.7 Å². The third-order valence-corrected chi connectivity index (χ3v) is 7.35. The number of nitrogens with two attached hydrogens (primary N) is 1.